The molecule has 6 heteroatoms. The Hall–Kier alpha value is -2.18. The molecule has 20 heavy (non-hydrogen) atoms. The number of H-pyrrole nitrogens is 2. The second kappa shape index (κ2) is 4.73. The van der Waals surface area contributed by atoms with Crippen LogP contribution in [0.5, 0.6) is 0 Å². The minimum absolute atomic E-state index is 0.500. The van der Waals surface area contributed by atoms with E-state index in [0.717, 1.165) is 10.4 Å². The number of aromatic amines is 2. The molecular weight excluding hydrogens is 276 g/mol. The van der Waals surface area contributed by atoms with Gasteiger partial charge >= 0.3 is 11.1 Å². The maximum Gasteiger partial charge on any atom is 0.314 e. The number of benzene rings is 1. The molecule has 0 spiro atoms. The Kier molecular flexibility index (Phi) is 3.04. The van der Waals surface area contributed by atoms with Gasteiger partial charge in [-0.1, -0.05) is 6.07 Å². The van der Waals surface area contributed by atoms with Crippen LogP contribution in [0, 0.1) is 6.92 Å². The fourth-order valence-corrected chi connectivity index (χ4v) is 3.06. The highest BCUT2D eigenvalue weighted by atomic mass is 32.1. The summed E-state index contributed by atoms with van der Waals surface area (Å²) in [5.41, 5.74) is 1.36. The number of fused-ring (bicyclic) bond motifs is 1. The van der Waals surface area contributed by atoms with Gasteiger partial charge in [0.2, 0.25) is 0 Å². The Balaban J connectivity index is 2.14. The van der Waals surface area contributed by atoms with E-state index in [1.165, 1.54) is 11.3 Å². The summed E-state index contributed by atoms with van der Waals surface area (Å²) in [5, 5.41) is 12.3. The van der Waals surface area contributed by atoms with Crippen LogP contribution in [-0.2, 0) is 0 Å². The number of rotatable bonds is 2. The average molecular weight is 288 g/mol. The largest absolute Gasteiger partial charge is 0.383 e. The fourth-order valence-electron chi connectivity index (χ4n) is 2.12. The van der Waals surface area contributed by atoms with Crippen LogP contribution in [0.1, 0.15) is 22.1 Å². The summed E-state index contributed by atoms with van der Waals surface area (Å²) in [6.45, 7) is 1.94. The van der Waals surface area contributed by atoms with Crippen molar-refractivity contribution < 1.29 is 5.11 Å². The molecule has 0 bridgehead atoms. The summed E-state index contributed by atoms with van der Waals surface area (Å²) in [7, 11) is 0. The van der Waals surface area contributed by atoms with E-state index in [-0.39, 0.29) is 0 Å². The number of aryl methyl sites for hydroxylation is 1. The predicted molar refractivity (Wildman–Crippen MR) is 78.3 cm³/mol. The normalized spacial score (nSPS) is 12.7. The van der Waals surface area contributed by atoms with Crippen molar-refractivity contribution in [2.24, 2.45) is 0 Å². The molecule has 2 heterocycles. The molecule has 0 aliphatic heterocycles. The zero-order chi connectivity index (χ0) is 14.3. The number of thiophene rings is 1. The van der Waals surface area contributed by atoms with E-state index in [9.17, 15) is 14.7 Å². The zero-order valence-electron chi connectivity index (χ0n) is 10.6. The SMILES string of the molecule is Cc1ccsc1C(O)c1ccc2[nH]c(=O)c(=O)[nH]c2c1. The van der Waals surface area contributed by atoms with Gasteiger partial charge in [-0.25, -0.2) is 0 Å². The Morgan fingerprint density at radius 1 is 1.10 bits per heavy atom. The maximum atomic E-state index is 11.3. The first-order valence-electron chi connectivity index (χ1n) is 6.04. The summed E-state index contributed by atoms with van der Waals surface area (Å²) in [6.07, 6.45) is -0.741. The van der Waals surface area contributed by atoms with Crippen molar-refractivity contribution >= 4 is 22.4 Å². The summed E-state index contributed by atoms with van der Waals surface area (Å²) >= 11 is 1.48. The average Bonchev–Trinajstić information content (AvgIpc) is 2.85. The molecule has 5 nitrogen and oxygen atoms in total. The highest BCUT2D eigenvalue weighted by Gasteiger charge is 2.15. The molecule has 0 radical (unpaired) electrons. The van der Waals surface area contributed by atoms with Gasteiger partial charge in [-0.15, -0.1) is 11.3 Å². The molecule has 0 amide bonds. The van der Waals surface area contributed by atoms with Crippen molar-refractivity contribution in [1.29, 1.82) is 0 Å². The number of aliphatic hydroxyl groups is 1. The maximum absolute atomic E-state index is 11.3. The van der Waals surface area contributed by atoms with Crippen molar-refractivity contribution in [2.45, 2.75) is 13.0 Å². The molecule has 3 aromatic rings. The van der Waals surface area contributed by atoms with Crippen LogP contribution in [-0.4, -0.2) is 15.1 Å². The molecule has 1 unspecified atom stereocenters. The first-order chi connectivity index (χ1) is 9.56. The lowest BCUT2D eigenvalue weighted by Crippen LogP contribution is -2.28. The minimum atomic E-state index is -0.741. The van der Waals surface area contributed by atoms with Crippen LogP contribution in [0.3, 0.4) is 0 Å². The zero-order valence-corrected chi connectivity index (χ0v) is 11.5. The van der Waals surface area contributed by atoms with Gasteiger partial charge in [-0.2, -0.15) is 0 Å². The molecule has 0 aliphatic rings. The van der Waals surface area contributed by atoms with Gasteiger partial charge < -0.3 is 15.1 Å². The van der Waals surface area contributed by atoms with Crippen molar-refractivity contribution in [2.75, 3.05) is 0 Å². The molecule has 3 N–H and O–H groups in total. The van der Waals surface area contributed by atoms with Crippen LogP contribution in [0.2, 0.25) is 0 Å². The van der Waals surface area contributed by atoms with E-state index in [4.69, 9.17) is 0 Å². The lowest BCUT2D eigenvalue weighted by atomic mass is 10.1. The highest BCUT2D eigenvalue weighted by molar-refractivity contribution is 7.10. The molecule has 2 aromatic heterocycles. The third kappa shape index (κ3) is 2.09. The topological polar surface area (TPSA) is 85.9 Å². The van der Waals surface area contributed by atoms with E-state index in [1.807, 2.05) is 18.4 Å². The molecule has 0 fully saturated rings. The van der Waals surface area contributed by atoms with Crippen molar-refractivity contribution in [1.82, 2.24) is 9.97 Å². The Labute approximate surface area is 117 Å². The molecule has 0 aliphatic carbocycles. The van der Waals surface area contributed by atoms with Crippen LogP contribution in [0.25, 0.3) is 11.0 Å². The van der Waals surface area contributed by atoms with Gasteiger partial charge in [0.15, 0.2) is 0 Å². The van der Waals surface area contributed by atoms with E-state index >= 15 is 0 Å². The minimum Gasteiger partial charge on any atom is -0.383 e. The van der Waals surface area contributed by atoms with Crippen LogP contribution < -0.4 is 11.1 Å². The Bertz CT molecular complexity index is 891. The Morgan fingerprint density at radius 2 is 1.80 bits per heavy atom. The second-order valence-electron chi connectivity index (χ2n) is 4.58. The smallest absolute Gasteiger partial charge is 0.314 e. The van der Waals surface area contributed by atoms with E-state index in [2.05, 4.69) is 9.97 Å². The summed E-state index contributed by atoms with van der Waals surface area (Å²) in [6, 6.07) is 7.04. The number of nitrogens with one attached hydrogen (secondary N) is 2. The monoisotopic (exact) mass is 288 g/mol. The van der Waals surface area contributed by atoms with E-state index in [1.54, 1.807) is 18.2 Å². The highest BCUT2D eigenvalue weighted by Crippen LogP contribution is 2.29. The first kappa shape index (κ1) is 12.8. The van der Waals surface area contributed by atoms with Gasteiger partial charge in [-0.05, 0) is 41.6 Å². The number of aliphatic hydroxyl groups excluding tert-OH is 1. The second-order valence-corrected chi connectivity index (χ2v) is 5.53. The molecule has 0 saturated heterocycles. The van der Waals surface area contributed by atoms with Gasteiger partial charge in [0.25, 0.3) is 0 Å². The third-order valence-corrected chi connectivity index (χ3v) is 4.28. The molecular formula is C14H12N2O3S. The predicted octanol–water partition coefficient (Wildman–Crippen LogP) is 1.67. The van der Waals surface area contributed by atoms with Crippen LogP contribution >= 0.6 is 11.3 Å². The molecule has 1 aromatic carbocycles. The van der Waals surface area contributed by atoms with Gasteiger partial charge in [0.1, 0.15) is 6.10 Å². The van der Waals surface area contributed by atoms with Crippen LogP contribution in [0.15, 0.2) is 39.2 Å². The lowest BCUT2D eigenvalue weighted by molar-refractivity contribution is 0.223. The molecule has 102 valence electrons. The van der Waals surface area contributed by atoms with E-state index in [0.29, 0.717) is 16.6 Å². The summed E-state index contributed by atoms with van der Waals surface area (Å²) in [5.74, 6) is 0. The Morgan fingerprint density at radius 3 is 2.45 bits per heavy atom. The summed E-state index contributed by atoms with van der Waals surface area (Å²) in [4.78, 5) is 28.4. The quantitative estimate of drug-likeness (QED) is 0.627. The first-order valence-corrected chi connectivity index (χ1v) is 6.92. The number of hydrogen-bond donors (Lipinski definition) is 3. The molecule has 3 rings (SSSR count). The third-order valence-electron chi connectivity index (χ3n) is 3.21. The van der Waals surface area contributed by atoms with E-state index < -0.39 is 17.2 Å². The summed E-state index contributed by atoms with van der Waals surface area (Å²) < 4.78 is 0. The standard InChI is InChI=1S/C14H12N2O3S/c1-7-4-5-20-12(7)11(17)8-2-3-9-10(6-8)16-14(19)13(18)15-9/h2-6,11,17H,1H3,(H,15,18)(H,16,19). The van der Waals surface area contributed by atoms with Gasteiger partial charge in [0, 0.05) is 4.88 Å². The van der Waals surface area contributed by atoms with Crippen LogP contribution in [0.4, 0.5) is 0 Å². The van der Waals surface area contributed by atoms with Gasteiger partial charge in [0.05, 0.1) is 11.0 Å². The fraction of sp³-hybridized carbons (Fsp3) is 0.143. The number of hydrogen-bond acceptors (Lipinski definition) is 4. The van der Waals surface area contributed by atoms with Crippen molar-refractivity contribution in [3.05, 3.63) is 66.4 Å². The van der Waals surface area contributed by atoms with Crippen molar-refractivity contribution in [3.63, 3.8) is 0 Å². The lowest BCUT2D eigenvalue weighted by Gasteiger charge is -2.11. The van der Waals surface area contributed by atoms with Gasteiger partial charge in [-0.3, -0.25) is 9.59 Å². The van der Waals surface area contributed by atoms with Crippen molar-refractivity contribution in [3.8, 4) is 0 Å². The molecule has 0 saturated carbocycles. The molecule has 1 atom stereocenters. The number of aromatic nitrogens is 2.